The second-order valence-electron chi connectivity index (χ2n) is 3.98. The summed E-state index contributed by atoms with van der Waals surface area (Å²) in [5.41, 5.74) is -0.925. The molecule has 0 saturated heterocycles. The molecule has 0 aromatic carbocycles. The van der Waals surface area contributed by atoms with Gasteiger partial charge in [-0.1, -0.05) is 0 Å². The minimum Gasteiger partial charge on any atom is -0.480 e. The van der Waals surface area contributed by atoms with Gasteiger partial charge < -0.3 is 19.9 Å². The molecule has 5 nitrogen and oxygen atoms in total. The van der Waals surface area contributed by atoms with Crippen molar-refractivity contribution in [2.45, 2.75) is 38.8 Å². The van der Waals surface area contributed by atoms with Gasteiger partial charge in [-0.25, -0.2) is 0 Å². The molecule has 0 aromatic heterocycles. The van der Waals surface area contributed by atoms with E-state index in [0.29, 0.717) is 26.2 Å². The van der Waals surface area contributed by atoms with E-state index < -0.39 is 11.5 Å². The SMILES string of the molecule is CCOCC(C)OCCC(C)(NC)C(=O)O. The van der Waals surface area contributed by atoms with Crippen LogP contribution < -0.4 is 5.32 Å². The molecular formula is C11H23NO4. The Kier molecular flexibility index (Phi) is 7.29. The van der Waals surface area contributed by atoms with Crippen molar-refractivity contribution in [1.82, 2.24) is 5.32 Å². The van der Waals surface area contributed by atoms with Crippen molar-refractivity contribution in [2.24, 2.45) is 0 Å². The van der Waals surface area contributed by atoms with Crippen LogP contribution in [0, 0.1) is 0 Å². The van der Waals surface area contributed by atoms with E-state index in [0.717, 1.165) is 0 Å². The molecule has 0 fully saturated rings. The van der Waals surface area contributed by atoms with Gasteiger partial charge in [-0.2, -0.15) is 0 Å². The van der Waals surface area contributed by atoms with Gasteiger partial charge in [-0.05, 0) is 34.2 Å². The van der Waals surface area contributed by atoms with Crippen LogP contribution in [-0.2, 0) is 14.3 Å². The van der Waals surface area contributed by atoms with Gasteiger partial charge in [0.15, 0.2) is 0 Å². The second-order valence-corrected chi connectivity index (χ2v) is 3.98. The van der Waals surface area contributed by atoms with Crippen molar-refractivity contribution >= 4 is 5.97 Å². The van der Waals surface area contributed by atoms with Crippen LogP contribution in [-0.4, -0.2) is 49.6 Å². The maximum Gasteiger partial charge on any atom is 0.323 e. The Balaban J connectivity index is 3.82. The minimum absolute atomic E-state index is 0.00477. The zero-order valence-electron chi connectivity index (χ0n) is 10.6. The molecule has 2 atom stereocenters. The third-order valence-electron chi connectivity index (χ3n) is 2.58. The molecule has 0 aliphatic heterocycles. The molecule has 0 bridgehead atoms. The molecule has 16 heavy (non-hydrogen) atoms. The number of ether oxygens (including phenoxy) is 2. The van der Waals surface area contributed by atoms with Crippen LogP contribution in [0.15, 0.2) is 0 Å². The van der Waals surface area contributed by atoms with Gasteiger partial charge >= 0.3 is 5.97 Å². The van der Waals surface area contributed by atoms with Crippen molar-refractivity contribution < 1.29 is 19.4 Å². The van der Waals surface area contributed by atoms with Gasteiger partial charge in [-0.3, -0.25) is 4.79 Å². The molecule has 0 saturated carbocycles. The molecule has 2 unspecified atom stereocenters. The van der Waals surface area contributed by atoms with E-state index in [4.69, 9.17) is 14.6 Å². The molecule has 96 valence electrons. The van der Waals surface area contributed by atoms with Crippen LogP contribution in [0.1, 0.15) is 27.2 Å². The van der Waals surface area contributed by atoms with E-state index in [1.807, 2.05) is 13.8 Å². The fourth-order valence-corrected chi connectivity index (χ4v) is 1.14. The zero-order chi connectivity index (χ0) is 12.6. The largest absolute Gasteiger partial charge is 0.480 e. The summed E-state index contributed by atoms with van der Waals surface area (Å²) in [6, 6.07) is 0. The summed E-state index contributed by atoms with van der Waals surface area (Å²) in [6.45, 7) is 7.09. The van der Waals surface area contributed by atoms with Crippen LogP contribution >= 0.6 is 0 Å². The monoisotopic (exact) mass is 233 g/mol. The van der Waals surface area contributed by atoms with Gasteiger partial charge in [0.25, 0.3) is 0 Å². The van der Waals surface area contributed by atoms with Crippen LogP contribution in [0.4, 0.5) is 0 Å². The van der Waals surface area contributed by atoms with Gasteiger partial charge in [0.05, 0.1) is 12.7 Å². The maximum atomic E-state index is 11.0. The first kappa shape index (κ1) is 15.3. The van der Waals surface area contributed by atoms with Gasteiger partial charge in [0.1, 0.15) is 5.54 Å². The number of hydrogen-bond donors (Lipinski definition) is 2. The summed E-state index contributed by atoms with van der Waals surface area (Å²) in [7, 11) is 1.64. The lowest BCUT2D eigenvalue weighted by atomic mass is 9.99. The fourth-order valence-electron chi connectivity index (χ4n) is 1.14. The predicted molar refractivity (Wildman–Crippen MR) is 61.6 cm³/mol. The Bertz CT molecular complexity index is 210. The molecule has 5 heteroatoms. The van der Waals surface area contributed by atoms with E-state index >= 15 is 0 Å². The lowest BCUT2D eigenvalue weighted by molar-refractivity contribution is -0.145. The molecule has 0 aliphatic carbocycles. The fraction of sp³-hybridized carbons (Fsp3) is 0.909. The Hall–Kier alpha value is -0.650. The lowest BCUT2D eigenvalue weighted by Crippen LogP contribution is -2.48. The summed E-state index contributed by atoms with van der Waals surface area (Å²) in [4.78, 5) is 11.0. The highest BCUT2D eigenvalue weighted by Crippen LogP contribution is 2.10. The normalized spacial score (nSPS) is 16.8. The van der Waals surface area contributed by atoms with Gasteiger partial charge in [0, 0.05) is 13.2 Å². The molecule has 0 aliphatic rings. The number of carbonyl (C=O) groups is 1. The van der Waals surface area contributed by atoms with Crippen LogP contribution in [0.3, 0.4) is 0 Å². The first-order valence-corrected chi connectivity index (χ1v) is 5.58. The first-order valence-electron chi connectivity index (χ1n) is 5.58. The number of rotatable bonds is 9. The molecular weight excluding hydrogens is 210 g/mol. The first-order chi connectivity index (χ1) is 7.46. The summed E-state index contributed by atoms with van der Waals surface area (Å²) < 4.78 is 10.7. The molecule has 0 radical (unpaired) electrons. The third-order valence-corrected chi connectivity index (χ3v) is 2.58. The Labute approximate surface area is 97.1 Å². The van der Waals surface area contributed by atoms with Crippen molar-refractivity contribution in [3.8, 4) is 0 Å². The highest BCUT2D eigenvalue weighted by Gasteiger charge is 2.30. The minimum atomic E-state index is -0.925. The zero-order valence-corrected chi connectivity index (χ0v) is 10.6. The lowest BCUT2D eigenvalue weighted by Gasteiger charge is -2.24. The summed E-state index contributed by atoms with van der Waals surface area (Å²) >= 11 is 0. The molecule has 0 amide bonds. The van der Waals surface area contributed by atoms with E-state index in [9.17, 15) is 4.79 Å². The summed E-state index contributed by atoms with van der Waals surface area (Å²) in [5, 5.41) is 11.8. The predicted octanol–water partition coefficient (Wildman–Crippen LogP) is 0.881. The molecule has 0 spiro atoms. The van der Waals surface area contributed by atoms with Crippen molar-refractivity contribution in [3.63, 3.8) is 0 Å². The molecule has 2 N–H and O–H groups in total. The Morgan fingerprint density at radius 2 is 2.19 bits per heavy atom. The highest BCUT2D eigenvalue weighted by atomic mass is 16.5. The number of carboxylic acids is 1. The van der Waals surface area contributed by atoms with Crippen molar-refractivity contribution in [2.75, 3.05) is 26.9 Å². The van der Waals surface area contributed by atoms with Crippen LogP contribution in [0.5, 0.6) is 0 Å². The summed E-state index contributed by atoms with van der Waals surface area (Å²) in [5.74, 6) is -0.865. The van der Waals surface area contributed by atoms with E-state index in [1.165, 1.54) is 0 Å². The van der Waals surface area contributed by atoms with Crippen LogP contribution in [0.25, 0.3) is 0 Å². The van der Waals surface area contributed by atoms with Gasteiger partial charge in [-0.15, -0.1) is 0 Å². The van der Waals surface area contributed by atoms with E-state index in [1.54, 1.807) is 14.0 Å². The maximum absolute atomic E-state index is 11.0. The Morgan fingerprint density at radius 1 is 1.56 bits per heavy atom. The van der Waals surface area contributed by atoms with Crippen molar-refractivity contribution in [3.05, 3.63) is 0 Å². The standard InChI is InChI=1S/C11H23NO4/c1-5-15-8-9(2)16-7-6-11(3,12-4)10(13)14/h9,12H,5-8H2,1-4H3,(H,13,14). The second kappa shape index (κ2) is 7.60. The number of likely N-dealkylation sites (N-methyl/N-ethyl adjacent to an activating group) is 1. The summed E-state index contributed by atoms with van der Waals surface area (Å²) in [6.07, 6.45) is 0.421. The molecule has 0 rings (SSSR count). The average Bonchev–Trinajstić information content (AvgIpc) is 2.25. The number of nitrogens with one attached hydrogen (secondary N) is 1. The topological polar surface area (TPSA) is 67.8 Å². The van der Waals surface area contributed by atoms with E-state index in [2.05, 4.69) is 5.32 Å². The average molecular weight is 233 g/mol. The van der Waals surface area contributed by atoms with Gasteiger partial charge in [0.2, 0.25) is 0 Å². The smallest absolute Gasteiger partial charge is 0.323 e. The highest BCUT2D eigenvalue weighted by molar-refractivity contribution is 5.78. The third kappa shape index (κ3) is 5.44. The van der Waals surface area contributed by atoms with E-state index in [-0.39, 0.29) is 6.10 Å². The molecule has 0 heterocycles. The van der Waals surface area contributed by atoms with Crippen LogP contribution in [0.2, 0.25) is 0 Å². The molecule has 0 aromatic rings. The Morgan fingerprint density at radius 3 is 2.62 bits per heavy atom. The number of aliphatic carboxylic acids is 1. The number of carboxylic acid groups (broad SMARTS) is 1. The quantitative estimate of drug-likeness (QED) is 0.619. The number of hydrogen-bond acceptors (Lipinski definition) is 4. The van der Waals surface area contributed by atoms with Crippen molar-refractivity contribution in [1.29, 1.82) is 0 Å².